The number of nitrogens with zero attached hydrogens (tertiary/aromatic N) is 1. The van der Waals surface area contributed by atoms with Crippen LogP contribution in [0.2, 0.25) is 0 Å². The zero-order valence-corrected chi connectivity index (χ0v) is 10.7. The Bertz CT molecular complexity index is 566. The first-order valence-corrected chi connectivity index (χ1v) is 6.49. The van der Waals surface area contributed by atoms with Gasteiger partial charge < -0.3 is 20.2 Å². The number of nitrogen functional groups attached to an aromatic ring is 1. The molecule has 0 saturated heterocycles. The Hall–Kier alpha value is -2.17. The van der Waals surface area contributed by atoms with Gasteiger partial charge in [-0.05, 0) is 30.5 Å². The normalized spacial score (nSPS) is 14.1. The zero-order valence-electron chi connectivity index (χ0n) is 10.7. The van der Waals surface area contributed by atoms with Gasteiger partial charge in [-0.1, -0.05) is 6.07 Å². The van der Waals surface area contributed by atoms with Crippen molar-refractivity contribution in [3.05, 3.63) is 35.7 Å². The highest BCUT2D eigenvalue weighted by atomic mass is 16.5. The summed E-state index contributed by atoms with van der Waals surface area (Å²) >= 11 is 0. The topological polar surface area (TPSA) is 73.2 Å². The number of hydrogen-bond acceptors (Lipinski definition) is 4. The summed E-state index contributed by atoms with van der Waals surface area (Å²) < 4.78 is 11.3. The SMILES string of the molecule is Nc1ncc(CCc2ccc3c(c2)OCCCO3)[nH]1. The van der Waals surface area contributed by atoms with Gasteiger partial charge in [-0.3, -0.25) is 0 Å². The lowest BCUT2D eigenvalue weighted by molar-refractivity contribution is 0.297. The van der Waals surface area contributed by atoms with Gasteiger partial charge in [0.2, 0.25) is 0 Å². The van der Waals surface area contributed by atoms with Crippen LogP contribution in [-0.2, 0) is 12.8 Å². The van der Waals surface area contributed by atoms with Gasteiger partial charge in [0.1, 0.15) is 0 Å². The lowest BCUT2D eigenvalue weighted by Gasteiger charge is -2.09. The van der Waals surface area contributed by atoms with E-state index in [-0.39, 0.29) is 0 Å². The highest BCUT2D eigenvalue weighted by Gasteiger charge is 2.10. The number of aromatic nitrogens is 2. The number of anilines is 1. The third kappa shape index (κ3) is 2.81. The first-order valence-electron chi connectivity index (χ1n) is 6.49. The molecule has 1 aliphatic heterocycles. The van der Waals surface area contributed by atoms with Gasteiger partial charge in [-0.15, -0.1) is 0 Å². The van der Waals surface area contributed by atoms with Crippen LogP contribution >= 0.6 is 0 Å². The molecule has 0 unspecified atom stereocenters. The lowest BCUT2D eigenvalue weighted by atomic mass is 10.1. The summed E-state index contributed by atoms with van der Waals surface area (Å²) in [5.41, 5.74) is 7.82. The molecule has 5 nitrogen and oxygen atoms in total. The van der Waals surface area contributed by atoms with Crippen LogP contribution in [0.1, 0.15) is 17.7 Å². The molecule has 0 aliphatic carbocycles. The van der Waals surface area contributed by atoms with Crippen LogP contribution < -0.4 is 15.2 Å². The Labute approximate surface area is 111 Å². The Morgan fingerprint density at radius 1 is 1.16 bits per heavy atom. The molecule has 100 valence electrons. The number of H-pyrrole nitrogens is 1. The van der Waals surface area contributed by atoms with Crippen LogP contribution in [-0.4, -0.2) is 23.2 Å². The van der Waals surface area contributed by atoms with E-state index >= 15 is 0 Å². The lowest BCUT2D eigenvalue weighted by Crippen LogP contribution is -1.97. The fraction of sp³-hybridized carbons (Fsp3) is 0.357. The van der Waals surface area contributed by atoms with Crippen molar-refractivity contribution in [3.63, 3.8) is 0 Å². The smallest absolute Gasteiger partial charge is 0.197 e. The van der Waals surface area contributed by atoms with Gasteiger partial charge in [0.15, 0.2) is 17.4 Å². The highest BCUT2D eigenvalue weighted by molar-refractivity contribution is 5.43. The average Bonchev–Trinajstić information content (AvgIpc) is 2.70. The minimum Gasteiger partial charge on any atom is -0.490 e. The molecule has 3 N–H and O–H groups in total. The van der Waals surface area contributed by atoms with E-state index in [4.69, 9.17) is 15.2 Å². The van der Waals surface area contributed by atoms with E-state index in [1.807, 2.05) is 6.07 Å². The van der Waals surface area contributed by atoms with Crippen molar-refractivity contribution in [2.75, 3.05) is 18.9 Å². The summed E-state index contributed by atoms with van der Waals surface area (Å²) in [6.45, 7) is 1.44. The predicted octanol–water partition coefficient (Wildman–Crippen LogP) is 1.94. The van der Waals surface area contributed by atoms with Crippen LogP contribution in [0.4, 0.5) is 5.95 Å². The number of nitrogens with one attached hydrogen (secondary N) is 1. The molecule has 0 radical (unpaired) electrons. The van der Waals surface area contributed by atoms with Gasteiger partial charge in [-0.25, -0.2) is 4.98 Å². The van der Waals surface area contributed by atoms with E-state index < -0.39 is 0 Å². The Morgan fingerprint density at radius 2 is 2.00 bits per heavy atom. The summed E-state index contributed by atoms with van der Waals surface area (Å²) in [5, 5.41) is 0. The molecule has 0 amide bonds. The Kier molecular flexibility index (Phi) is 3.27. The number of aryl methyl sites for hydroxylation is 2. The fourth-order valence-corrected chi connectivity index (χ4v) is 2.15. The third-order valence-electron chi connectivity index (χ3n) is 3.14. The molecule has 5 heteroatoms. The maximum atomic E-state index is 5.68. The zero-order chi connectivity index (χ0) is 13.1. The van der Waals surface area contributed by atoms with Crippen molar-refractivity contribution in [2.45, 2.75) is 19.3 Å². The van der Waals surface area contributed by atoms with Crippen LogP contribution in [0.5, 0.6) is 11.5 Å². The van der Waals surface area contributed by atoms with Gasteiger partial charge >= 0.3 is 0 Å². The third-order valence-corrected chi connectivity index (χ3v) is 3.14. The number of imidazole rings is 1. The maximum absolute atomic E-state index is 5.68. The van der Waals surface area contributed by atoms with E-state index in [9.17, 15) is 0 Å². The average molecular weight is 259 g/mol. The number of ether oxygens (including phenoxy) is 2. The van der Waals surface area contributed by atoms with E-state index in [2.05, 4.69) is 22.1 Å². The molecule has 2 heterocycles. The van der Waals surface area contributed by atoms with E-state index in [1.54, 1.807) is 6.20 Å². The quantitative estimate of drug-likeness (QED) is 0.883. The van der Waals surface area contributed by atoms with Crippen LogP contribution in [0.3, 0.4) is 0 Å². The molecule has 1 aromatic heterocycles. The molecule has 0 spiro atoms. The fourth-order valence-electron chi connectivity index (χ4n) is 2.15. The first-order chi connectivity index (χ1) is 9.31. The van der Waals surface area contributed by atoms with Gasteiger partial charge in [0.25, 0.3) is 0 Å². The summed E-state index contributed by atoms with van der Waals surface area (Å²) in [4.78, 5) is 7.02. The van der Waals surface area contributed by atoms with Crippen molar-refractivity contribution >= 4 is 5.95 Å². The molecule has 2 aromatic rings. The Morgan fingerprint density at radius 3 is 2.79 bits per heavy atom. The number of aromatic amines is 1. The monoisotopic (exact) mass is 259 g/mol. The van der Waals surface area contributed by atoms with E-state index in [1.165, 1.54) is 5.56 Å². The van der Waals surface area contributed by atoms with Gasteiger partial charge in [0, 0.05) is 12.1 Å². The van der Waals surface area contributed by atoms with Gasteiger partial charge in [0.05, 0.1) is 19.4 Å². The standard InChI is InChI=1S/C14H17N3O2/c15-14-16-9-11(17-14)4-2-10-3-5-12-13(8-10)19-7-1-6-18-12/h3,5,8-9H,1-2,4,6-7H2,(H3,15,16,17). The summed E-state index contributed by atoms with van der Waals surface area (Å²) in [6, 6.07) is 6.12. The highest BCUT2D eigenvalue weighted by Crippen LogP contribution is 2.30. The van der Waals surface area contributed by atoms with Crippen molar-refractivity contribution in [1.82, 2.24) is 9.97 Å². The molecule has 19 heavy (non-hydrogen) atoms. The number of benzene rings is 1. The number of hydrogen-bond donors (Lipinski definition) is 2. The molecule has 0 atom stereocenters. The Balaban J connectivity index is 1.69. The van der Waals surface area contributed by atoms with Gasteiger partial charge in [-0.2, -0.15) is 0 Å². The molecule has 0 fully saturated rings. The van der Waals surface area contributed by atoms with Crippen LogP contribution in [0.25, 0.3) is 0 Å². The molecule has 0 saturated carbocycles. The molecular weight excluding hydrogens is 242 g/mol. The molecule has 3 rings (SSSR count). The number of rotatable bonds is 3. The second kappa shape index (κ2) is 5.22. The van der Waals surface area contributed by atoms with E-state index in [0.29, 0.717) is 12.6 Å². The summed E-state index contributed by atoms with van der Waals surface area (Å²) in [7, 11) is 0. The number of fused-ring (bicyclic) bond motifs is 1. The van der Waals surface area contributed by atoms with Crippen LogP contribution in [0, 0.1) is 0 Å². The largest absolute Gasteiger partial charge is 0.490 e. The van der Waals surface area contributed by atoms with Crippen molar-refractivity contribution in [1.29, 1.82) is 0 Å². The van der Waals surface area contributed by atoms with Crippen molar-refractivity contribution in [2.24, 2.45) is 0 Å². The molecule has 1 aromatic carbocycles. The molecular formula is C14H17N3O2. The minimum absolute atomic E-state index is 0.466. The second-order valence-corrected chi connectivity index (χ2v) is 4.63. The molecule has 0 bridgehead atoms. The first kappa shape index (κ1) is 11.9. The summed E-state index contributed by atoms with van der Waals surface area (Å²) in [6.07, 6.45) is 4.50. The minimum atomic E-state index is 0.466. The maximum Gasteiger partial charge on any atom is 0.197 e. The van der Waals surface area contributed by atoms with Crippen molar-refractivity contribution in [3.8, 4) is 11.5 Å². The number of nitrogens with two attached hydrogens (primary N) is 1. The van der Waals surface area contributed by atoms with E-state index in [0.717, 1.165) is 43.1 Å². The van der Waals surface area contributed by atoms with Crippen molar-refractivity contribution < 1.29 is 9.47 Å². The van der Waals surface area contributed by atoms with Crippen LogP contribution in [0.15, 0.2) is 24.4 Å². The molecule has 1 aliphatic rings. The second-order valence-electron chi connectivity index (χ2n) is 4.63. The predicted molar refractivity (Wildman–Crippen MR) is 72.5 cm³/mol. The summed E-state index contributed by atoms with van der Waals surface area (Å²) in [5.74, 6) is 2.15.